The number of aryl methyl sites for hydroxylation is 2. The minimum Gasteiger partial charge on any atom is -0.334 e. The molecule has 20 heavy (non-hydrogen) atoms. The molecule has 0 saturated carbocycles. The van der Waals surface area contributed by atoms with Gasteiger partial charge in [-0.05, 0) is 48.7 Å². The number of hydrogen-bond donors (Lipinski definition) is 2. The van der Waals surface area contributed by atoms with E-state index in [2.05, 4.69) is 31.5 Å². The van der Waals surface area contributed by atoms with Gasteiger partial charge in [-0.2, -0.15) is 0 Å². The molecule has 0 aliphatic heterocycles. The Morgan fingerprint density at radius 2 is 2.00 bits per heavy atom. The van der Waals surface area contributed by atoms with Crippen LogP contribution >= 0.6 is 15.9 Å². The summed E-state index contributed by atoms with van der Waals surface area (Å²) in [6.45, 7) is 4.39. The van der Waals surface area contributed by atoms with Crippen molar-refractivity contribution in [2.45, 2.75) is 20.4 Å². The van der Waals surface area contributed by atoms with Crippen molar-refractivity contribution in [1.82, 2.24) is 10.3 Å². The Bertz CT molecular complexity index is 591. The third-order valence-electron chi connectivity index (χ3n) is 2.91. The summed E-state index contributed by atoms with van der Waals surface area (Å²) in [7, 11) is 0. The van der Waals surface area contributed by atoms with Crippen molar-refractivity contribution >= 4 is 27.6 Å². The monoisotopic (exact) mass is 333 g/mol. The number of benzene rings is 1. The maximum Gasteiger partial charge on any atom is 0.319 e. The highest BCUT2D eigenvalue weighted by Gasteiger charge is 2.08. The fourth-order valence-electron chi connectivity index (χ4n) is 1.95. The van der Waals surface area contributed by atoms with Gasteiger partial charge in [-0.1, -0.05) is 22.0 Å². The molecule has 0 fully saturated rings. The van der Waals surface area contributed by atoms with E-state index < -0.39 is 0 Å². The number of anilines is 1. The zero-order chi connectivity index (χ0) is 14.5. The summed E-state index contributed by atoms with van der Waals surface area (Å²) in [5.74, 6) is 0. The third kappa shape index (κ3) is 3.81. The van der Waals surface area contributed by atoms with E-state index in [9.17, 15) is 4.79 Å². The Kier molecular flexibility index (Phi) is 4.74. The number of carbonyl (C=O) groups excluding carboxylic acids is 1. The summed E-state index contributed by atoms with van der Waals surface area (Å²) in [6.07, 6.45) is 3.44. The Labute approximate surface area is 126 Å². The van der Waals surface area contributed by atoms with Crippen LogP contribution in [0.15, 0.2) is 41.1 Å². The number of urea groups is 1. The number of halogens is 1. The number of hydrogen-bond acceptors (Lipinski definition) is 2. The molecule has 0 bridgehead atoms. The summed E-state index contributed by atoms with van der Waals surface area (Å²) in [6, 6.07) is 7.50. The average molecular weight is 334 g/mol. The molecule has 104 valence electrons. The highest BCUT2D eigenvalue weighted by Crippen LogP contribution is 2.24. The smallest absolute Gasteiger partial charge is 0.319 e. The van der Waals surface area contributed by atoms with Crippen LogP contribution in [0.4, 0.5) is 10.5 Å². The number of carbonyl (C=O) groups is 1. The maximum atomic E-state index is 11.9. The standard InChI is InChI=1S/C15H16BrN3O/c1-10-6-13(16)7-11(2)14(10)19-15(20)18-9-12-4-3-5-17-8-12/h3-8H,9H2,1-2H3,(H2,18,19,20). The van der Waals surface area contributed by atoms with E-state index in [-0.39, 0.29) is 6.03 Å². The lowest BCUT2D eigenvalue weighted by Gasteiger charge is -2.13. The number of rotatable bonds is 3. The summed E-state index contributed by atoms with van der Waals surface area (Å²) >= 11 is 3.44. The number of aromatic nitrogens is 1. The normalized spacial score (nSPS) is 10.2. The van der Waals surface area contributed by atoms with Crippen LogP contribution < -0.4 is 10.6 Å². The molecule has 2 N–H and O–H groups in total. The topological polar surface area (TPSA) is 54.0 Å². The van der Waals surface area contributed by atoms with Crippen LogP contribution in [0.2, 0.25) is 0 Å². The van der Waals surface area contributed by atoms with Crippen molar-refractivity contribution in [3.05, 3.63) is 57.8 Å². The van der Waals surface area contributed by atoms with Crippen LogP contribution in [0.5, 0.6) is 0 Å². The van der Waals surface area contributed by atoms with Crippen LogP contribution in [0, 0.1) is 13.8 Å². The van der Waals surface area contributed by atoms with Crippen molar-refractivity contribution in [2.24, 2.45) is 0 Å². The molecule has 0 aliphatic rings. The Morgan fingerprint density at radius 1 is 1.30 bits per heavy atom. The van der Waals surface area contributed by atoms with E-state index in [1.165, 1.54) is 0 Å². The van der Waals surface area contributed by atoms with Gasteiger partial charge in [0.15, 0.2) is 0 Å². The van der Waals surface area contributed by atoms with E-state index >= 15 is 0 Å². The SMILES string of the molecule is Cc1cc(Br)cc(C)c1NC(=O)NCc1cccnc1. The van der Waals surface area contributed by atoms with Gasteiger partial charge in [0.1, 0.15) is 0 Å². The lowest BCUT2D eigenvalue weighted by Crippen LogP contribution is -2.28. The molecular weight excluding hydrogens is 318 g/mol. The molecular formula is C15H16BrN3O. The van der Waals surface area contributed by atoms with Crippen LogP contribution in [0.1, 0.15) is 16.7 Å². The van der Waals surface area contributed by atoms with Crippen LogP contribution in [-0.4, -0.2) is 11.0 Å². The number of nitrogens with one attached hydrogen (secondary N) is 2. The fraction of sp³-hybridized carbons (Fsp3) is 0.200. The Hall–Kier alpha value is -1.88. The largest absolute Gasteiger partial charge is 0.334 e. The zero-order valence-electron chi connectivity index (χ0n) is 11.4. The zero-order valence-corrected chi connectivity index (χ0v) is 13.0. The Morgan fingerprint density at radius 3 is 2.60 bits per heavy atom. The van der Waals surface area contributed by atoms with Gasteiger partial charge in [0.05, 0.1) is 0 Å². The molecule has 5 heteroatoms. The number of pyridine rings is 1. The van der Waals surface area contributed by atoms with Crippen LogP contribution in [0.25, 0.3) is 0 Å². The second kappa shape index (κ2) is 6.52. The molecule has 2 aromatic rings. The number of nitrogens with zero attached hydrogens (tertiary/aromatic N) is 1. The summed E-state index contributed by atoms with van der Waals surface area (Å²) in [5.41, 5.74) is 3.85. The minimum atomic E-state index is -0.220. The van der Waals surface area contributed by atoms with Crippen molar-refractivity contribution in [3.63, 3.8) is 0 Å². The van der Waals surface area contributed by atoms with E-state index in [0.29, 0.717) is 6.54 Å². The van der Waals surface area contributed by atoms with Gasteiger partial charge >= 0.3 is 6.03 Å². The molecule has 1 aromatic heterocycles. The van der Waals surface area contributed by atoms with Crippen molar-refractivity contribution in [2.75, 3.05) is 5.32 Å². The first-order valence-electron chi connectivity index (χ1n) is 6.27. The highest BCUT2D eigenvalue weighted by molar-refractivity contribution is 9.10. The second-order valence-electron chi connectivity index (χ2n) is 4.58. The quantitative estimate of drug-likeness (QED) is 0.897. The Balaban J connectivity index is 1.98. The lowest BCUT2D eigenvalue weighted by atomic mass is 10.1. The lowest BCUT2D eigenvalue weighted by molar-refractivity contribution is 0.251. The molecule has 1 heterocycles. The van der Waals surface area contributed by atoms with Crippen molar-refractivity contribution in [3.8, 4) is 0 Å². The van der Waals surface area contributed by atoms with Crippen LogP contribution in [0.3, 0.4) is 0 Å². The van der Waals surface area contributed by atoms with Gasteiger partial charge in [0, 0.05) is 29.1 Å². The molecule has 2 amide bonds. The van der Waals surface area contributed by atoms with Gasteiger partial charge in [-0.25, -0.2) is 4.79 Å². The van der Waals surface area contributed by atoms with Gasteiger partial charge in [-0.15, -0.1) is 0 Å². The van der Waals surface area contributed by atoms with Gasteiger partial charge in [0.25, 0.3) is 0 Å². The maximum absolute atomic E-state index is 11.9. The van der Waals surface area contributed by atoms with E-state index in [1.54, 1.807) is 12.4 Å². The average Bonchev–Trinajstić information content (AvgIpc) is 2.42. The first-order valence-corrected chi connectivity index (χ1v) is 7.06. The van der Waals surface area contributed by atoms with Crippen molar-refractivity contribution in [1.29, 1.82) is 0 Å². The predicted molar refractivity (Wildman–Crippen MR) is 83.7 cm³/mol. The molecule has 0 unspecified atom stereocenters. The number of amides is 2. The van der Waals surface area contributed by atoms with E-state index in [1.807, 2.05) is 38.1 Å². The first kappa shape index (κ1) is 14.5. The van der Waals surface area contributed by atoms with E-state index in [4.69, 9.17) is 0 Å². The molecule has 0 saturated heterocycles. The summed E-state index contributed by atoms with van der Waals surface area (Å²) < 4.78 is 1.01. The van der Waals surface area contributed by atoms with Gasteiger partial charge < -0.3 is 10.6 Å². The first-order chi connectivity index (χ1) is 9.56. The van der Waals surface area contributed by atoms with E-state index in [0.717, 1.165) is 26.9 Å². The van der Waals surface area contributed by atoms with Gasteiger partial charge in [0.2, 0.25) is 0 Å². The van der Waals surface area contributed by atoms with Crippen LogP contribution in [-0.2, 0) is 6.54 Å². The van der Waals surface area contributed by atoms with Crippen molar-refractivity contribution < 1.29 is 4.79 Å². The summed E-state index contributed by atoms with van der Waals surface area (Å²) in [5, 5.41) is 5.70. The predicted octanol–water partition coefficient (Wildman–Crippen LogP) is 3.78. The molecule has 1 aromatic carbocycles. The highest BCUT2D eigenvalue weighted by atomic mass is 79.9. The fourth-order valence-corrected chi connectivity index (χ4v) is 2.64. The third-order valence-corrected chi connectivity index (χ3v) is 3.37. The molecule has 0 atom stereocenters. The molecule has 0 aliphatic carbocycles. The summed E-state index contributed by atoms with van der Waals surface area (Å²) in [4.78, 5) is 15.9. The molecule has 0 spiro atoms. The van der Waals surface area contributed by atoms with Gasteiger partial charge in [-0.3, -0.25) is 4.98 Å². The molecule has 4 nitrogen and oxygen atoms in total. The minimum absolute atomic E-state index is 0.220. The molecule has 0 radical (unpaired) electrons. The second-order valence-corrected chi connectivity index (χ2v) is 5.50. The molecule has 2 rings (SSSR count).